The van der Waals surface area contributed by atoms with E-state index in [1.54, 1.807) is 22.7 Å². The van der Waals surface area contributed by atoms with E-state index in [0.29, 0.717) is 0 Å². The van der Waals surface area contributed by atoms with Gasteiger partial charge in [-0.2, -0.15) is 0 Å². The van der Waals surface area contributed by atoms with Crippen molar-refractivity contribution >= 4 is 96.7 Å². The topological polar surface area (TPSA) is 25.8 Å². The van der Waals surface area contributed by atoms with Crippen molar-refractivity contribution in [3.05, 3.63) is 84.9 Å². The molecule has 0 unspecified atom stereocenters. The molecule has 0 saturated carbocycles. The first-order chi connectivity index (χ1) is 16.8. The van der Waals surface area contributed by atoms with Gasteiger partial charge in [0, 0.05) is 20.2 Å². The molecule has 6 heteroatoms. The van der Waals surface area contributed by atoms with Gasteiger partial charge < -0.3 is 0 Å². The lowest BCUT2D eigenvalue weighted by atomic mass is 10.1. The molecule has 0 amide bonds. The van der Waals surface area contributed by atoms with E-state index in [4.69, 9.17) is 9.97 Å². The minimum Gasteiger partial charge on any atom is -0.235 e. The Kier molecular flexibility index (Phi) is 4.04. The molecule has 0 fully saturated rings. The van der Waals surface area contributed by atoms with Crippen LogP contribution >= 0.6 is 45.3 Å². The van der Waals surface area contributed by atoms with E-state index in [-0.39, 0.29) is 0 Å². The maximum absolute atomic E-state index is 4.89. The van der Waals surface area contributed by atoms with Crippen LogP contribution in [0, 0.1) is 0 Å². The molecular weight excluding hydrogens is 493 g/mol. The van der Waals surface area contributed by atoms with Crippen LogP contribution in [0.1, 0.15) is 0 Å². The number of rotatable bonds is 2. The lowest BCUT2D eigenvalue weighted by molar-refractivity contribution is 1.50. The Morgan fingerprint density at radius 3 is 1.41 bits per heavy atom. The summed E-state index contributed by atoms with van der Waals surface area (Å²) >= 11 is 7.25. The maximum atomic E-state index is 4.89. The van der Waals surface area contributed by atoms with Crippen molar-refractivity contribution in [2.24, 2.45) is 0 Å². The van der Waals surface area contributed by atoms with Crippen molar-refractivity contribution < 1.29 is 0 Å². The molecule has 0 atom stereocenters. The molecule has 0 aliphatic heterocycles. The second kappa shape index (κ2) is 7.17. The molecule has 0 radical (unpaired) electrons. The van der Waals surface area contributed by atoms with Crippen molar-refractivity contribution in [1.82, 2.24) is 9.97 Å². The van der Waals surface area contributed by atoms with Gasteiger partial charge in [0.25, 0.3) is 0 Å². The second-order valence-corrected chi connectivity index (χ2v) is 12.4. The Morgan fingerprint density at radius 2 is 0.941 bits per heavy atom. The summed E-state index contributed by atoms with van der Waals surface area (Å²) in [6.45, 7) is 0. The van der Waals surface area contributed by atoms with E-state index in [2.05, 4.69) is 84.9 Å². The molecule has 0 saturated heterocycles. The number of aromatic nitrogens is 2. The van der Waals surface area contributed by atoms with E-state index in [1.807, 2.05) is 22.7 Å². The van der Waals surface area contributed by atoms with Gasteiger partial charge in [-0.1, -0.05) is 48.5 Å². The highest BCUT2D eigenvalue weighted by molar-refractivity contribution is 7.29. The summed E-state index contributed by atoms with van der Waals surface area (Å²) < 4.78 is 5.15. The standard InChI is InChI=1S/C28H14N2S4/c1-3-7-21-19(5-1)29-27(33-21)23-13-15-9-11-18-17(25(15)31-23)12-10-16-14-24(32-26(16)18)28-30-20-6-2-4-8-22(20)34-28/h1-14H. The first kappa shape index (κ1) is 19.2. The SMILES string of the molecule is c1ccc2sc(-c3cc4ccc5c(ccc6cc(-c7nc8ccccc8s7)sc65)c4s3)nc2c1. The first-order valence-corrected chi connectivity index (χ1v) is 14.2. The minimum atomic E-state index is 1.08. The van der Waals surface area contributed by atoms with Gasteiger partial charge in [0.1, 0.15) is 10.0 Å². The zero-order valence-electron chi connectivity index (χ0n) is 17.6. The van der Waals surface area contributed by atoms with Crippen molar-refractivity contribution in [2.45, 2.75) is 0 Å². The third-order valence-corrected chi connectivity index (χ3v) is 10.9. The van der Waals surface area contributed by atoms with E-state index in [0.717, 1.165) is 21.0 Å². The number of thiazole rings is 2. The average molecular weight is 507 g/mol. The number of para-hydroxylation sites is 2. The fourth-order valence-electron chi connectivity index (χ4n) is 4.57. The molecule has 2 nitrogen and oxygen atoms in total. The molecule has 4 heterocycles. The van der Waals surface area contributed by atoms with Crippen LogP contribution in [0.5, 0.6) is 0 Å². The first-order valence-electron chi connectivity index (χ1n) is 10.9. The fourth-order valence-corrected chi connectivity index (χ4v) is 8.96. The van der Waals surface area contributed by atoms with Crippen LogP contribution in [0.25, 0.3) is 71.1 Å². The second-order valence-electron chi connectivity index (χ2n) is 8.26. The van der Waals surface area contributed by atoms with Gasteiger partial charge in [0.2, 0.25) is 0 Å². The van der Waals surface area contributed by atoms with Crippen molar-refractivity contribution in [1.29, 1.82) is 0 Å². The molecule has 0 bridgehead atoms. The average Bonchev–Trinajstić information content (AvgIpc) is 3.65. The molecule has 4 aromatic carbocycles. The van der Waals surface area contributed by atoms with Gasteiger partial charge in [-0.3, -0.25) is 0 Å². The molecule has 0 aliphatic rings. The zero-order valence-corrected chi connectivity index (χ0v) is 20.9. The number of hydrogen-bond acceptors (Lipinski definition) is 6. The van der Waals surface area contributed by atoms with Crippen molar-refractivity contribution in [3.63, 3.8) is 0 Å². The highest BCUT2D eigenvalue weighted by atomic mass is 32.1. The number of hydrogen-bond donors (Lipinski definition) is 0. The van der Waals surface area contributed by atoms with Crippen LogP contribution in [-0.4, -0.2) is 9.97 Å². The van der Waals surface area contributed by atoms with Gasteiger partial charge in [-0.15, -0.1) is 45.3 Å². The van der Waals surface area contributed by atoms with Crippen LogP contribution in [0.4, 0.5) is 0 Å². The Bertz CT molecular complexity index is 1820. The summed E-state index contributed by atoms with van der Waals surface area (Å²) in [6, 6.07) is 30.4. The Balaban J connectivity index is 1.31. The minimum absolute atomic E-state index is 1.08. The Labute approximate surface area is 210 Å². The van der Waals surface area contributed by atoms with Crippen LogP contribution in [0.3, 0.4) is 0 Å². The fraction of sp³-hybridized carbons (Fsp3) is 0. The molecular formula is C28H14N2S4. The predicted molar refractivity (Wildman–Crippen MR) is 152 cm³/mol. The molecule has 8 rings (SSSR count). The molecule has 160 valence electrons. The normalized spacial score (nSPS) is 12.1. The highest BCUT2D eigenvalue weighted by Gasteiger charge is 2.15. The highest BCUT2D eigenvalue weighted by Crippen LogP contribution is 2.44. The van der Waals surface area contributed by atoms with E-state index < -0.39 is 0 Å². The van der Waals surface area contributed by atoms with E-state index in [1.165, 1.54) is 50.1 Å². The van der Waals surface area contributed by atoms with Gasteiger partial charge in [-0.05, 0) is 47.2 Å². The molecule has 0 spiro atoms. The van der Waals surface area contributed by atoms with E-state index >= 15 is 0 Å². The van der Waals surface area contributed by atoms with Crippen molar-refractivity contribution in [3.8, 4) is 19.8 Å². The molecule has 8 aromatic rings. The smallest absolute Gasteiger partial charge is 0.134 e. The van der Waals surface area contributed by atoms with Crippen molar-refractivity contribution in [2.75, 3.05) is 0 Å². The summed E-state index contributed by atoms with van der Waals surface area (Å²) in [5.41, 5.74) is 2.15. The van der Waals surface area contributed by atoms with E-state index in [9.17, 15) is 0 Å². The Morgan fingerprint density at radius 1 is 0.471 bits per heavy atom. The summed E-state index contributed by atoms with van der Waals surface area (Å²) in [4.78, 5) is 12.3. The van der Waals surface area contributed by atoms with Crippen LogP contribution in [0.2, 0.25) is 0 Å². The van der Waals surface area contributed by atoms with Gasteiger partial charge in [0.15, 0.2) is 0 Å². The summed E-state index contributed by atoms with van der Waals surface area (Å²) in [7, 11) is 0. The lowest BCUT2D eigenvalue weighted by Gasteiger charge is -2.00. The number of benzene rings is 4. The molecule has 0 aliphatic carbocycles. The van der Waals surface area contributed by atoms with Gasteiger partial charge in [0.05, 0.1) is 30.2 Å². The van der Waals surface area contributed by atoms with Gasteiger partial charge >= 0.3 is 0 Å². The third kappa shape index (κ3) is 2.83. The lowest BCUT2D eigenvalue weighted by Crippen LogP contribution is -1.73. The number of fused-ring (bicyclic) bond motifs is 7. The van der Waals surface area contributed by atoms with Crippen LogP contribution in [0.15, 0.2) is 84.9 Å². The summed E-state index contributed by atoms with van der Waals surface area (Å²) in [5, 5.41) is 7.42. The van der Waals surface area contributed by atoms with Gasteiger partial charge in [-0.25, -0.2) is 9.97 Å². The molecule has 34 heavy (non-hydrogen) atoms. The predicted octanol–water partition coefficient (Wildman–Crippen LogP) is 9.82. The third-order valence-electron chi connectivity index (χ3n) is 6.17. The van der Waals surface area contributed by atoms with Crippen LogP contribution in [-0.2, 0) is 0 Å². The monoisotopic (exact) mass is 506 g/mol. The number of thiophene rings is 2. The largest absolute Gasteiger partial charge is 0.235 e. The number of nitrogens with zero attached hydrogens (tertiary/aromatic N) is 2. The quantitative estimate of drug-likeness (QED) is 0.233. The van der Waals surface area contributed by atoms with Crippen LogP contribution < -0.4 is 0 Å². The summed E-state index contributed by atoms with van der Waals surface area (Å²) in [5.74, 6) is 0. The zero-order chi connectivity index (χ0) is 22.2. The maximum Gasteiger partial charge on any atom is 0.134 e. The molecule has 4 aromatic heterocycles. The summed E-state index contributed by atoms with van der Waals surface area (Å²) in [6.07, 6.45) is 0. The Hall–Kier alpha value is -3.16. The molecule has 0 N–H and O–H groups in total.